The Balaban J connectivity index is 1.14. The van der Waals surface area contributed by atoms with Crippen LogP contribution in [0.5, 0.6) is 0 Å². The second kappa shape index (κ2) is 9.90. The van der Waals surface area contributed by atoms with Gasteiger partial charge < -0.3 is 19.3 Å². The Bertz CT molecular complexity index is 1130. The topological polar surface area (TPSA) is 78.5 Å². The maximum atomic E-state index is 12.4. The monoisotopic (exact) mass is 523 g/mol. The van der Waals surface area contributed by atoms with Gasteiger partial charge in [-0.1, -0.05) is 24.6 Å². The van der Waals surface area contributed by atoms with Crippen LogP contribution < -0.4 is 5.63 Å². The Kier molecular flexibility index (Phi) is 6.84. The van der Waals surface area contributed by atoms with Crippen LogP contribution in [-0.4, -0.2) is 72.6 Å². The van der Waals surface area contributed by atoms with Crippen LogP contribution in [0.4, 0.5) is 0 Å². The van der Waals surface area contributed by atoms with Gasteiger partial charge in [0.25, 0.3) is 0 Å². The van der Waals surface area contributed by atoms with Gasteiger partial charge in [0.05, 0.1) is 17.6 Å². The van der Waals surface area contributed by atoms with Gasteiger partial charge in [-0.05, 0) is 99.3 Å². The van der Waals surface area contributed by atoms with Crippen molar-refractivity contribution in [3.63, 3.8) is 0 Å². The van der Waals surface area contributed by atoms with Gasteiger partial charge in [-0.2, -0.15) is 0 Å². The fourth-order valence-corrected chi connectivity index (χ4v) is 9.08. The standard InChI is InChI=1S/C31H45N3O4/c1-29-11-8-24(32-38-19-18-34-16-14-33(3)15-17-34)20-23(29)5-6-27-26(29)9-12-30(2)25(10-13-31(27,30)36)22-4-7-28(35)37-21-22/h4,7,20-21,25-27,36H,5-6,8-19H2,1-3H3/b32-24+/t25-,26+,27-,29+,30-,31+/m1/s1. The van der Waals surface area contributed by atoms with E-state index in [0.717, 1.165) is 95.4 Å². The van der Waals surface area contributed by atoms with E-state index in [-0.39, 0.29) is 22.4 Å². The fraction of sp³-hybridized carbons (Fsp3) is 0.742. The summed E-state index contributed by atoms with van der Waals surface area (Å²) in [6, 6.07) is 3.44. The number of allylic oxidation sites excluding steroid dienone is 2. The minimum atomic E-state index is -0.675. The molecule has 1 saturated heterocycles. The first-order valence-corrected chi connectivity index (χ1v) is 14.8. The molecule has 6 atom stereocenters. The van der Waals surface area contributed by atoms with Crippen molar-refractivity contribution in [3.05, 3.63) is 46.0 Å². The lowest BCUT2D eigenvalue weighted by Gasteiger charge is -2.61. The molecule has 4 aliphatic carbocycles. The number of hydrogen-bond acceptors (Lipinski definition) is 7. The second-order valence-corrected chi connectivity index (χ2v) is 13.3. The van der Waals surface area contributed by atoms with Crippen molar-refractivity contribution in [2.45, 2.75) is 76.7 Å². The van der Waals surface area contributed by atoms with Gasteiger partial charge in [0.15, 0.2) is 0 Å². The molecule has 7 nitrogen and oxygen atoms in total. The van der Waals surface area contributed by atoms with Gasteiger partial charge in [-0.25, -0.2) is 4.79 Å². The second-order valence-electron chi connectivity index (χ2n) is 13.3. The van der Waals surface area contributed by atoms with Crippen LogP contribution in [0.15, 0.2) is 44.4 Å². The first-order valence-electron chi connectivity index (χ1n) is 14.8. The van der Waals surface area contributed by atoms with Crippen LogP contribution in [0.25, 0.3) is 0 Å². The number of piperazine rings is 1. The quantitative estimate of drug-likeness (QED) is 0.455. The number of rotatable bonds is 5. The zero-order valence-electron chi connectivity index (χ0n) is 23.5. The predicted octanol–water partition coefficient (Wildman–Crippen LogP) is 4.42. The molecule has 0 bridgehead atoms. The SMILES string of the molecule is CN1CCN(CCO/N=C2/C=C3CC[C@@H]4[C@H](CC[C@]5(C)[C@@H](c6ccc(=O)oc6)CC[C@]45O)[C@@]3(C)CC2)CC1. The van der Waals surface area contributed by atoms with Crippen molar-refractivity contribution in [1.82, 2.24) is 9.80 Å². The molecule has 1 aromatic heterocycles. The Morgan fingerprint density at radius 2 is 1.87 bits per heavy atom. The summed E-state index contributed by atoms with van der Waals surface area (Å²) in [5, 5.41) is 17.0. The third kappa shape index (κ3) is 4.29. The average Bonchev–Trinajstić information content (AvgIpc) is 3.19. The molecule has 5 aliphatic rings. The van der Waals surface area contributed by atoms with Gasteiger partial charge in [0.1, 0.15) is 6.61 Å². The Morgan fingerprint density at radius 3 is 2.63 bits per heavy atom. The molecule has 0 radical (unpaired) electrons. The zero-order valence-corrected chi connectivity index (χ0v) is 23.5. The number of likely N-dealkylation sites (N-methyl/N-ethyl adjacent to an activating group) is 1. The molecule has 1 aromatic rings. The van der Waals surface area contributed by atoms with E-state index in [2.05, 4.69) is 41.9 Å². The van der Waals surface area contributed by atoms with Gasteiger partial charge in [0.2, 0.25) is 0 Å². The normalized spacial score (nSPS) is 40.8. The van der Waals surface area contributed by atoms with E-state index in [9.17, 15) is 9.90 Å². The van der Waals surface area contributed by atoms with Crippen LogP contribution in [0, 0.1) is 22.7 Å². The Hall–Kier alpha value is -1.96. The number of oxime groups is 1. The predicted molar refractivity (Wildman–Crippen MR) is 148 cm³/mol. The van der Waals surface area contributed by atoms with E-state index in [4.69, 9.17) is 9.25 Å². The summed E-state index contributed by atoms with van der Waals surface area (Å²) in [5.74, 6) is 1.03. The highest BCUT2D eigenvalue weighted by Gasteiger charge is 2.66. The van der Waals surface area contributed by atoms with E-state index in [1.807, 2.05) is 6.07 Å². The molecule has 0 spiro atoms. The van der Waals surface area contributed by atoms with E-state index >= 15 is 0 Å². The summed E-state index contributed by atoms with van der Waals surface area (Å²) in [4.78, 5) is 22.2. The van der Waals surface area contributed by atoms with Crippen molar-refractivity contribution in [3.8, 4) is 0 Å². The summed E-state index contributed by atoms with van der Waals surface area (Å²) in [7, 11) is 2.18. The molecule has 0 amide bonds. The molecule has 3 saturated carbocycles. The van der Waals surface area contributed by atoms with Gasteiger partial charge in [-0.15, -0.1) is 0 Å². The third-order valence-electron chi connectivity index (χ3n) is 11.6. The fourth-order valence-electron chi connectivity index (χ4n) is 9.08. The van der Waals surface area contributed by atoms with E-state index in [0.29, 0.717) is 18.4 Å². The van der Waals surface area contributed by atoms with Crippen LogP contribution in [0.1, 0.15) is 76.7 Å². The van der Waals surface area contributed by atoms with E-state index in [1.165, 1.54) is 11.6 Å². The molecule has 1 aliphatic heterocycles. The summed E-state index contributed by atoms with van der Waals surface area (Å²) >= 11 is 0. The zero-order chi connectivity index (χ0) is 26.5. The van der Waals surface area contributed by atoms with Crippen molar-refractivity contribution in [1.29, 1.82) is 0 Å². The minimum Gasteiger partial charge on any atom is -0.431 e. The number of hydrogen-bond donors (Lipinski definition) is 1. The van der Waals surface area contributed by atoms with Gasteiger partial charge >= 0.3 is 5.63 Å². The molecule has 38 heavy (non-hydrogen) atoms. The molecule has 4 fully saturated rings. The molecule has 0 aromatic carbocycles. The summed E-state index contributed by atoms with van der Waals surface area (Å²) < 4.78 is 5.23. The first-order chi connectivity index (χ1) is 18.2. The molecule has 2 heterocycles. The highest BCUT2D eigenvalue weighted by molar-refractivity contribution is 5.96. The lowest BCUT2D eigenvalue weighted by molar-refractivity contribution is -0.176. The van der Waals surface area contributed by atoms with Crippen LogP contribution in [0.2, 0.25) is 0 Å². The summed E-state index contributed by atoms with van der Waals surface area (Å²) in [6.45, 7) is 10.8. The maximum Gasteiger partial charge on any atom is 0.335 e. The average molecular weight is 524 g/mol. The largest absolute Gasteiger partial charge is 0.431 e. The van der Waals surface area contributed by atoms with Crippen molar-refractivity contribution < 1.29 is 14.4 Å². The van der Waals surface area contributed by atoms with Crippen LogP contribution in [0.3, 0.4) is 0 Å². The summed E-state index contributed by atoms with van der Waals surface area (Å²) in [5.41, 5.74) is 2.61. The van der Waals surface area contributed by atoms with Gasteiger partial charge in [0, 0.05) is 44.2 Å². The lowest BCUT2D eigenvalue weighted by atomic mass is 9.45. The highest BCUT2D eigenvalue weighted by Crippen LogP contribution is 2.69. The van der Waals surface area contributed by atoms with E-state index < -0.39 is 5.60 Å². The molecule has 1 N–H and O–H groups in total. The van der Waals surface area contributed by atoms with Crippen LogP contribution in [-0.2, 0) is 4.84 Å². The number of nitrogens with zero attached hydrogens (tertiary/aromatic N) is 3. The molecule has 7 heteroatoms. The third-order valence-corrected chi connectivity index (χ3v) is 11.6. The molecular formula is C31H45N3O4. The van der Waals surface area contributed by atoms with Crippen molar-refractivity contribution in [2.75, 3.05) is 46.4 Å². The Labute approximate surface area is 226 Å². The highest BCUT2D eigenvalue weighted by atomic mass is 16.6. The van der Waals surface area contributed by atoms with Crippen molar-refractivity contribution >= 4 is 5.71 Å². The first kappa shape index (κ1) is 26.3. The number of aliphatic hydroxyl groups is 1. The molecule has 0 unspecified atom stereocenters. The van der Waals surface area contributed by atoms with E-state index in [1.54, 1.807) is 6.26 Å². The Morgan fingerprint density at radius 1 is 1.05 bits per heavy atom. The molecule has 208 valence electrons. The molecule has 6 rings (SSSR count). The van der Waals surface area contributed by atoms with Crippen molar-refractivity contribution in [2.24, 2.45) is 27.8 Å². The lowest BCUT2D eigenvalue weighted by Crippen LogP contribution is -2.60. The maximum absolute atomic E-state index is 12.4. The van der Waals surface area contributed by atoms with Gasteiger partial charge in [-0.3, -0.25) is 4.90 Å². The minimum absolute atomic E-state index is 0.121. The summed E-state index contributed by atoms with van der Waals surface area (Å²) in [6.07, 6.45) is 12.0. The number of fused-ring (bicyclic) bond motifs is 5. The van der Waals surface area contributed by atoms with Crippen LogP contribution >= 0.6 is 0 Å². The smallest absolute Gasteiger partial charge is 0.335 e. The molecular weight excluding hydrogens is 478 g/mol.